The van der Waals surface area contributed by atoms with E-state index in [1.165, 1.54) is 0 Å². The van der Waals surface area contributed by atoms with Gasteiger partial charge in [-0.15, -0.1) is 13.2 Å². The summed E-state index contributed by atoms with van der Waals surface area (Å²) in [7, 11) is 1.70. The Morgan fingerprint density at radius 2 is 1.85 bits per heavy atom. The van der Waals surface area contributed by atoms with Gasteiger partial charge in [0.05, 0.1) is 30.6 Å². The lowest BCUT2D eigenvalue weighted by Gasteiger charge is -2.40. The normalized spacial score (nSPS) is 30.6. The minimum absolute atomic E-state index is 0.106. The van der Waals surface area contributed by atoms with Crippen LogP contribution in [0.4, 0.5) is 0 Å². The van der Waals surface area contributed by atoms with Crippen LogP contribution in [0, 0.1) is 17.8 Å². The van der Waals surface area contributed by atoms with Crippen molar-refractivity contribution >= 4 is 17.7 Å². The Morgan fingerprint density at radius 1 is 1.21 bits per heavy atom. The molecule has 8 nitrogen and oxygen atoms in total. The second-order valence-electron chi connectivity index (χ2n) is 10.6. The van der Waals surface area contributed by atoms with Gasteiger partial charge in [0.1, 0.15) is 11.6 Å². The zero-order valence-electron chi connectivity index (χ0n) is 21.3. The number of amides is 3. The lowest BCUT2D eigenvalue weighted by atomic mass is 9.70. The number of rotatable bonds is 11. The number of nitrogens with zero attached hydrogens (tertiary/aromatic N) is 3. The third-order valence-corrected chi connectivity index (χ3v) is 7.62. The largest absolute Gasteiger partial charge is 0.394 e. The number of likely N-dealkylation sites (tertiary alicyclic amines) is 1. The quantitative estimate of drug-likeness (QED) is 0.461. The van der Waals surface area contributed by atoms with Crippen LogP contribution in [0.25, 0.3) is 0 Å². The first-order chi connectivity index (χ1) is 16.0. The predicted octanol–water partition coefficient (Wildman–Crippen LogP) is 1.84. The number of hydrogen-bond acceptors (Lipinski definition) is 5. The molecule has 190 valence electrons. The van der Waals surface area contributed by atoms with Crippen LogP contribution in [0.3, 0.4) is 0 Å². The van der Waals surface area contributed by atoms with Crippen molar-refractivity contribution in [2.75, 3.05) is 26.7 Å². The molecule has 0 saturated carbocycles. The fraction of sp³-hybridized carbons (Fsp3) is 0.731. The van der Waals surface area contributed by atoms with E-state index in [1.54, 1.807) is 33.9 Å². The molecule has 8 heteroatoms. The van der Waals surface area contributed by atoms with Crippen molar-refractivity contribution in [2.24, 2.45) is 17.8 Å². The van der Waals surface area contributed by atoms with Crippen LogP contribution in [0.1, 0.15) is 47.0 Å². The van der Waals surface area contributed by atoms with Gasteiger partial charge in [-0.2, -0.15) is 0 Å². The highest BCUT2D eigenvalue weighted by molar-refractivity contribution is 5.99. The molecule has 34 heavy (non-hydrogen) atoms. The highest BCUT2D eigenvalue weighted by Gasteiger charge is 2.75. The summed E-state index contributed by atoms with van der Waals surface area (Å²) in [5.41, 5.74) is -1.06. The molecular formula is C26H41N3O5. The number of likely N-dealkylation sites (N-methyl/N-ethyl adjacent to an activating group) is 1. The van der Waals surface area contributed by atoms with E-state index in [9.17, 15) is 19.5 Å². The average Bonchev–Trinajstić information content (AvgIpc) is 3.42. The van der Waals surface area contributed by atoms with Crippen LogP contribution < -0.4 is 0 Å². The predicted molar refractivity (Wildman–Crippen MR) is 130 cm³/mol. The molecule has 3 aliphatic rings. The summed E-state index contributed by atoms with van der Waals surface area (Å²) in [5.74, 6) is -1.79. The van der Waals surface area contributed by atoms with Gasteiger partial charge in [0, 0.05) is 26.2 Å². The van der Waals surface area contributed by atoms with Crippen molar-refractivity contribution in [2.45, 2.75) is 76.8 Å². The van der Waals surface area contributed by atoms with E-state index in [0.29, 0.717) is 32.4 Å². The van der Waals surface area contributed by atoms with Crippen LogP contribution in [0.2, 0.25) is 0 Å². The Bertz CT molecular complexity index is 827. The maximum Gasteiger partial charge on any atom is 0.248 e. The van der Waals surface area contributed by atoms with Crippen molar-refractivity contribution in [3.63, 3.8) is 0 Å². The third-order valence-electron chi connectivity index (χ3n) is 7.62. The number of aliphatic hydroxyl groups is 1. The van der Waals surface area contributed by atoms with E-state index in [-0.39, 0.29) is 36.3 Å². The van der Waals surface area contributed by atoms with Gasteiger partial charge in [-0.25, -0.2) is 0 Å². The maximum atomic E-state index is 14.1. The van der Waals surface area contributed by atoms with Gasteiger partial charge in [-0.3, -0.25) is 14.4 Å². The molecule has 0 aliphatic carbocycles. The van der Waals surface area contributed by atoms with Crippen molar-refractivity contribution < 1.29 is 24.2 Å². The standard InChI is InChI=1S/C26H41N3O5/c1-8-12-27(7)23(31)20-19-10-11-26(34-19)21(20)24(32)29(18(15-30)14-16(3)4)22(26)25(33)28(13-9-2)17(5)6/h8-9,16-22,30H,1-2,10-15H2,3-7H3/t18-,19-,20+,21+,22?,26?/m1/s1. The molecule has 0 aromatic heterocycles. The van der Waals surface area contributed by atoms with Gasteiger partial charge in [0.25, 0.3) is 0 Å². The van der Waals surface area contributed by atoms with Crippen molar-refractivity contribution in [3.8, 4) is 0 Å². The van der Waals surface area contributed by atoms with Crippen LogP contribution >= 0.6 is 0 Å². The minimum atomic E-state index is -1.06. The van der Waals surface area contributed by atoms with E-state index in [0.717, 1.165) is 0 Å². The summed E-state index contributed by atoms with van der Waals surface area (Å²) < 4.78 is 6.50. The summed E-state index contributed by atoms with van der Waals surface area (Å²) in [5, 5.41) is 10.3. The van der Waals surface area contributed by atoms with E-state index in [1.807, 2.05) is 27.7 Å². The monoisotopic (exact) mass is 475 g/mol. The topological polar surface area (TPSA) is 90.4 Å². The molecule has 1 N–H and O–H groups in total. The van der Waals surface area contributed by atoms with Gasteiger partial charge in [-0.1, -0.05) is 26.0 Å². The molecule has 3 amide bonds. The van der Waals surface area contributed by atoms with Gasteiger partial charge in [0.15, 0.2) is 0 Å². The summed E-state index contributed by atoms with van der Waals surface area (Å²) in [6.07, 6.45) is 4.64. The maximum absolute atomic E-state index is 14.1. The SMILES string of the molecule is C=CCN(C)C(=O)[C@@H]1[C@H]2C(=O)N([C@@H](CO)CC(C)C)C(C(=O)N(CC=C)C(C)C)C23CC[C@H]1O3. The molecule has 1 spiro atoms. The lowest BCUT2D eigenvalue weighted by molar-refractivity contribution is -0.153. The Kier molecular flexibility index (Phi) is 7.92. The molecular weight excluding hydrogens is 434 g/mol. The number of hydrogen-bond donors (Lipinski definition) is 1. The first kappa shape index (κ1) is 26.4. The van der Waals surface area contributed by atoms with Gasteiger partial charge in [-0.05, 0) is 39.0 Å². The van der Waals surface area contributed by atoms with E-state index >= 15 is 0 Å². The van der Waals surface area contributed by atoms with Crippen molar-refractivity contribution in [1.29, 1.82) is 0 Å². The number of carbonyl (C=O) groups excluding carboxylic acids is 3. The molecule has 3 fully saturated rings. The lowest BCUT2D eigenvalue weighted by Crippen LogP contribution is -2.60. The molecule has 3 saturated heterocycles. The Morgan fingerprint density at radius 3 is 2.38 bits per heavy atom. The smallest absolute Gasteiger partial charge is 0.248 e. The van der Waals surface area contributed by atoms with E-state index < -0.39 is 35.6 Å². The number of aliphatic hydroxyl groups excluding tert-OH is 1. The van der Waals surface area contributed by atoms with Crippen molar-refractivity contribution in [1.82, 2.24) is 14.7 Å². The molecule has 0 aromatic rings. The number of carbonyl (C=O) groups is 3. The molecule has 2 unspecified atom stereocenters. The van der Waals surface area contributed by atoms with Gasteiger partial charge < -0.3 is 24.5 Å². The molecule has 0 radical (unpaired) electrons. The second-order valence-corrected chi connectivity index (χ2v) is 10.6. The minimum Gasteiger partial charge on any atom is -0.394 e. The number of fused-ring (bicyclic) bond motifs is 1. The fourth-order valence-electron chi connectivity index (χ4n) is 6.26. The summed E-state index contributed by atoms with van der Waals surface area (Å²) in [4.78, 5) is 46.4. The zero-order chi connectivity index (χ0) is 25.4. The Balaban J connectivity index is 2.10. The van der Waals surface area contributed by atoms with Gasteiger partial charge >= 0.3 is 0 Å². The molecule has 6 atom stereocenters. The van der Waals surface area contributed by atoms with Crippen LogP contribution in [-0.2, 0) is 19.1 Å². The highest BCUT2D eigenvalue weighted by atomic mass is 16.5. The fourth-order valence-corrected chi connectivity index (χ4v) is 6.26. The van der Waals surface area contributed by atoms with Gasteiger partial charge in [0.2, 0.25) is 17.7 Å². The molecule has 0 aromatic carbocycles. The van der Waals surface area contributed by atoms with Crippen LogP contribution in [0.5, 0.6) is 0 Å². The van der Waals surface area contributed by atoms with Crippen LogP contribution in [-0.4, -0.2) is 94.1 Å². The molecule has 3 heterocycles. The van der Waals surface area contributed by atoms with E-state index in [2.05, 4.69) is 13.2 Å². The third kappa shape index (κ3) is 4.19. The van der Waals surface area contributed by atoms with Crippen LogP contribution in [0.15, 0.2) is 25.3 Å². The first-order valence-electron chi connectivity index (χ1n) is 12.4. The summed E-state index contributed by atoms with van der Waals surface area (Å²) >= 11 is 0. The number of ether oxygens (including phenoxy) is 1. The zero-order valence-corrected chi connectivity index (χ0v) is 21.3. The van der Waals surface area contributed by atoms with E-state index in [4.69, 9.17) is 4.74 Å². The summed E-state index contributed by atoms with van der Waals surface area (Å²) in [6.45, 7) is 15.9. The molecule has 3 aliphatic heterocycles. The highest BCUT2D eigenvalue weighted by Crippen LogP contribution is 2.59. The first-order valence-corrected chi connectivity index (χ1v) is 12.4. The molecule has 3 rings (SSSR count). The average molecular weight is 476 g/mol. The second kappa shape index (κ2) is 10.2. The molecule has 2 bridgehead atoms. The Labute approximate surface area is 203 Å². The van der Waals surface area contributed by atoms with Crippen molar-refractivity contribution in [3.05, 3.63) is 25.3 Å². The summed E-state index contributed by atoms with van der Waals surface area (Å²) in [6, 6.07) is -1.51. The Hall–Kier alpha value is -2.19.